The number of alkyl halides is 2. The van der Waals surface area contributed by atoms with Gasteiger partial charge < -0.3 is 4.74 Å². The van der Waals surface area contributed by atoms with Gasteiger partial charge in [0.25, 0.3) is 0 Å². The normalized spacial score (nSPS) is 42.0. The third-order valence-corrected chi connectivity index (χ3v) is 3.46. The van der Waals surface area contributed by atoms with E-state index in [0.29, 0.717) is 9.65 Å². The molecule has 0 unspecified atom stereocenters. The molecule has 0 aliphatic carbocycles. The SMILES string of the molecule is Br[C@@H]1COC[C@H]1Br. The fourth-order valence-electron chi connectivity index (χ4n) is 0.502. The molecule has 1 heterocycles. The van der Waals surface area contributed by atoms with Crippen molar-refractivity contribution < 1.29 is 4.74 Å². The lowest BCUT2D eigenvalue weighted by Crippen LogP contribution is -2.08. The molecule has 7 heavy (non-hydrogen) atoms. The van der Waals surface area contributed by atoms with E-state index in [1.54, 1.807) is 0 Å². The maximum atomic E-state index is 5.08. The van der Waals surface area contributed by atoms with Gasteiger partial charge in [0, 0.05) is 0 Å². The van der Waals surface area contributed by atoms with Crippen LogP contribution in [0.3, 0.4) is 0 Å². The van der Waals surface area contributed by atoms with Gasteiger partial charge in [-0.2, -0.15) is 0 Å². The summed E-state index contributed by atoms with van der Waals surface area (Å²) in [6.45, 7) is 1.69. The summed E-state index contributed by atoms with van der Waals surface area (Å²) >= 11 is 6.86. The molecule has 0 aromatic heterocycles. The second kappa shape index (κ2) is 2.46. The number of halogens is 2. The maximum Gasteiger partial charge on any atom is 0.0603 e. The van der Waals surface area contributed by atoms with Crippen LogP contribution in [-0.2, 0) is 4.74 Å². The van der Waals surface area contributed by atoms with E-state index in [1.165, 1.54) is 0 Å². The van der Waals surface area contributed by atoms with Gasteiger partial charge in [0.2, 0.25) is 0 Å². The summed E-state index contributed by atoms with van der Waals surface area (Å²) in [5.74, 6) is 0. The van der Waals surface area contributed by atoms with Crippen LogP contribution in [0.15, 0.2) is 0 Å². The largest absolute Gasteiger partial charge is 0.379 e. The molecule has 0 radical (unpaired) electrons. The zero-order valence-corrected chi connectivity index (χ0v) is 6.91. The van der Waals surface area contributed by atoms with Crippen molar-refractivity contribution in [2.45, 2.75) is 9.65 Å². The first-order valence-electron chi connectivity index (χ1n) is 2.16. The Balaban J connectivity index is 2.33. The second-order valence-corrected chi connectivity index (χ2v) is 3.92. The summed E-state index contributed by atoms with van der Waals surface area (Å²) in [5.41, 5.74) is 0. The molecule has 0 N–H and O–H groups in total. The van der Waals surface area contributed by atoms with E-state index in [-0.39, 0.29) is 0 Å². The van der Waals surface area contributed by atoms with Crippen LogP contribution in [0.5, 0.6) is 0 Å². The Labute approximate surface area is 59.7 Å². The zero-order chi connectivity index (χ0) is 5.28. The number of hydrogen-bond donors (Lipinski definition) is 0. The Kier molecular flexibility index (Phi) is 2.13. The van der Waals surface area contributed by atoms with Crippen LogP contribution in [0.4, 0.5) is 0 Å². The fourth-order valence-corrected chi connectivity index (χ4v) is 1.18. The molecule has 3 heteroatoms. The molecule has 0 amide bonds. The molecule has 1 rings (SSSR count). The molecular formula is C4H6Br2O. The Morgan fingerprint density at radius 1 is 1.14 bits per heavy atom. The minimum atomic E-state index is 0.521. The van der Waals surface area contributed by atoms with Gasteiger partial charge >= 0.3 is 0 Å². The number of ether oxygens (including phenoxy) is 1. The van der Waals surface area contributed by atoms with Crippen LogP contribution in [-0.4, -0.2) is 22.9 Å². The molecule has 1 aliphatic rings. The average Bonchev–Trinajstić information content (AvgIpc) is 1.91. The van der Waals surface area contributed by atoms with Gasteiger partial charge in [-0.3, -0.25) is 0 Å². The Morgan fingerprint density at radius 3 is 1.71 bits per heavy atom. The monoisotopic (exact) mass is 228 g/mol. The van der Waals surface area contributed by atoms with E-state index in [0.717, 1.165) is 13.2 Å². The minimum Gasteiger partial charge on any atom is -0.379 e. The van der Waals surface area contributed by atoms with E-state index >= 15 is 0 Å². The molecular weight excluding hydrogens is 224 g/mol. The van der Waals surface area contributed by atoms with Gasteiger partial charge in [0.15, 0.2) is 0 Å². The van der Waals surface area contributed by atoms with Gasteiger partial charge in [0.05, 0.1) is 22.9 Å². The molecule has 0 aromatic rings. The third-order valence-electron chi connectivity index (χ3n) is 0.947. The molecule has 1 saturated heterocycles. The van der Waals surface area contributed by atoms with E-state index in [9.17, 15) is 0 Å². The third kappa shape index (κ3) is 1.40. The summed E-state index contributed by atoms with van der Waals surface area (Å²) in [7, 11) is 0. The molecule has 1 aliphatic heterocycles. The highest BCUT2D eigenvalue weighted by Crippen LogP contribution is 2.20. The lowest BCUT2D eigenvalue weighted by molar-refractivity contribution is 0.201. The maximum absolute atomic E-state index is 5.08. The molecule has 0 aromatic carbocycles. The Bertz CT molecular complexity index is 58.7. The van der Waals surface area contributed by atoms with Crippen molar-refractivity contribution in [1.29, 1.82) is 0 Å². The summed E-state index contributed by atoms with van der Waals surface area (Å²) in [4.78, 5) is 1.04. The van der Waals surface area contributed by atoms with Crippen molar-refractivity contribution in [3.8, 4) is 0 Å². The van der Waals surface area contributed by atoms with Gasteiger partial charge in [-0.05, 0) is 0 Å². The molecule has 1 nitrogen and oxygen atoms in total. The van der Waals surface area contributed by atoms with Gasteiger partial charge in [-0.25, -0.2) is 0 Å². The number of hydrogen-bond acceptors (Lipinski definition) is 1. The molecule has 2 atom stereocenters. The van der Waals surface area contributed by atoms with Crippen molar-refractivity contribution in [2.75, 3.05) is 13.2 Å². The van der Waals surface area contributed by atoms with E-state index in [4.69, 9.17) is 4.74 Å². The molecule has 0 saturated carbocycles. The highest BCUT2D eigenvalue weighted by Gasteiger charge is 2.22. The summed E-state index contributed by atoms with van der Waals surface area (Å²) < 4.78 is 5.08. The topological polar surface area (TPSA) is 9.23 Å². The summed E-state index contributed by atoms with van der Waals surface area (Å²) in [5, 5.41) is 0. The van der Waals surface area contributed by atoms with Crippen LogP contribution < -0.4 is 0 Å². The second-order valence-electron chi connectivity index (χ2n) is 1.57. The van der Waals surface area contributed by atoms with E-state index < -0.39 is 0 Å². The quantitative estimate of drug-likeness (QED) is 0.573. The van der Waals surface area contributed by atoms with Crippen LogP contribution in [0.1, 0.15) is 0 Å². The highest BCUT2D eigenvalue weighted by molar-refractivity contribution is 9.12. The average molecular weight is 230 g/mol. The van der Waals surface area contributed by atoms with Crippen molar-refractivity contribution in [2.24, 2.45) is 0 Å². The van der Waals surface area contributed by atoms with Crippen LogP contribution in [0.2, 0.25) is 0 Å². The van der Waals surface area contributed by atoms with Gasteiger partial charge in [-0.15, -0.1) is 0 Å². The fraction of sp³-hybridized carbons (Fsp3) is 1.00. The van der Waals surface area contributed by atoms with Gasteiger partial charge in [0.1, 0.15) is 0 Å². The van der Waals surface area contributed by atoms with Crippen molar-refractivity contribution >= 4 is 31.9 Å². The Morgan fingerprint density at radius 2 is 1.57 bits per heavy atom. The highest BCUT2D eigenvalue weighted by atomic mass is 79.9. The van der Waals surface area contributed by atoms with Crippen LogP contribution in [0, 0.1) is 0 Å². The van der Waals surface area contributed by atoms with Gasteiger partial charge in [-0.1, -0.05) is 31.9 Å². The smallest absolute Gasteiger partial charge is 0.0603 e. The standard InChI is InChI=1S/C4H6Br2O/c5-3-1-7-2-4(3)6/h3-4H,1-2H2/t3-,4-/m1/s1. The summed E-state index contributed by atoms with van der Waals surface area (Å²) in [6.07, 6.45) is 0. The number of rotatable bonds is 0. The lowest BCUT2D eigenvalue weighted by Gasteiger charge is -1.97. The van der Waals surface area contributed by atoms with E-state index in [2.05, 4.69) is 31.9 Å². The van der Waals surface area contributed by atoms with E-state index in [1.807, 2.05) is 0 Å². The minimum absolute atomic E-state index is 0.521. The first kappa shape index (κ1) is 6.05. The molecule has 1 fully saturated rings. The summed E-state index contributed by atoms with van der Waals surface area (Å²) in [6, 6.07) is 0. The van der Waals surface area contributed by atoms with Crippen molar-refractivity contribution in [1.82, 2.24) is 0 Å². The molecule has 0 bridgehead atoms. The van der Waals surface area contributed by atoms with Crippen molar-refractivity contribution in [3.05, 3.63) is 0 Å². The van der Waals surface area contributed by atoms with Crippen molar-refractivity contribution in [3.63, 3.8) is 0 Å². The Hall–Kier alpha value is 0.920. The predicted molar refractivity (Wildman–Crippen MR) is 36.2 cm³/mol. The first-order valence-corrected chi connectivity index (χ1v) is 3.99. The lowest BCUT2D eigenvalue weighted by atomic mass is 10.4. The van der Waals surface area contributed by atoms with Crippen LogP contribution >= 0.6 is 31.9 Å². The van der Waals surface area contributed by atoms with Crippen LogP contribution in [0.25, 0.3) is 0 Å². The first-order chi connectivity index (χ1) is 3.30. The molecule has 0 spiro atoms. The zero-order valence-electron chi connectivity index (χ0n) is 3.73. The predicted octanol–water partition coefficient (Wildman–Crippen LogP) is 1.54. The molecule has 42 valence electrons.